The van der Waals surface area contributed by atoms with E-state index >= 15 is 0 Å². The van der Waals surface area contributed by atoms with Crippen molar-refractivity contribution in [3.05, 3.63) is 32.8 Å². The van der Waals surface area contributed by atoms with Crippen molar-refractivity contribution in [3.63, 3.8) is 0 Å². The molecule has 0 saturated carbocycles. The molecule has 0 N–H and O–H groups in total. The van der Waals surface area contributed by atoms with Crippen LogP contribution in [0.3, 0.4) is 0 Å². The van der Waals surface area contributed by atoms with E-state index in [1.807, 2.05) is 12.1 Å². The number of carbonyl (C=O) groups excluding carboxylic acids is 1. The zero-order chi connectivity index (χ0) is 12.1. The van der Waals surface area contributed by atoms with E-state index in [9.17, 15) is 4.79 Å². The first kappa shape index (κ1) is 14.0. The summed E-state index contributed by atoms with van der Waals surface area (Å²) in [4.78, 5) is 11.4. The second kappa shape index (κ2) is 6.62. The van der Waals surface area contributed by atoms with Crippen molar-refractivity contribution in [3.8, 4) is 0 Å². The van der Waals surface area contributed by atoms with Crippen LogP contribution in [0, 0.1) is 0 Å². The molecule has 1 rings (SSSR count). The third-order valence-electron chi connectivity index (χ3n) is 1.98. The summed E-state index contributed by atoms with van der Waals surface area (Å²) in [6.45, 7) is 2.16. The molecule has 0 aliphatic heterocycles. The van der Waals surface area contributed by atoms with Crippen LogP contribution in [-0.4, -0.2) is 12.6 Å². The standard InChI is InChI=1S/C11H11Br2ClO2/c1-2-16-11(15)5-8-9(13)3-7(6-12)4-10(8)14/h3-4H,2,5-6H2,1H3. The lowest BCUT2D eigenvalue weighted by Gasteiger charge is -2.08. The Labute approximate surface area is 117 Å². The molecule has 2 nitrogen and oxygen atoms in total. The summed E-state index contributed by atoms with van der Waals surface area (Å²) < 4.78 is 5.72. The van der Waals surface area contributed by atoms with Gasteiger partial charge in [-0.15, -0.1) is 0 Å². The van der Waals surface area contributed by atoms with Crippen molar-refractivity contribution >= 4 is 49.4 Å². The summed E-state index contributed by atoms with van der Waals surface area (Å²) in [5, 5.41) is 1.31. The second-order valence-electron chi connectivity index (χ2n) is 3.15. The van der Waals surface area contributed by atoms with Gasteiger partial charge in [-0.2, -0.15) is 0 Å². The quantitative estimate of drug-likeness (QED) is 0.589. The number of hydrogen-bond donors (Lipinski definition) is 0. The molecule has 0 saturated heterocycles. The lowest BCUT2D eigenvalue weighted by atomic mass is 10.1. The van der Waals surface area contributed by atoms with E-state index in [0.717, 1.165) is 20.9 Å². The topological polar surface area (TPSA) is 26.3 Å². The highest BCUT2D eigenvalue weighted by atomic mass is 79.9. The molecule has 0 aliphatic carbocycles. The number of halogens is 3. The zero-order valence-corrected chi connectivity index (χ0v) is 12.7. The summed E-state index contributed by atoms with van der Waals surface area (Å²) in [5.74, 6) is -0.267. The maximum atomic E-state index is 11.4. The number of alkyl halides is 1. The predicted octanol–water partition coefficient (Wildman–Crippen LogP) is 4.10. The minimum atomic E-state index is -0.267. The molecule has 1 aromatic carbocycles. The third kappa shape index (κ3) is 3.75. The molecule has 0 radical (unpaired) electrons. The molecular formula is C11H11Br2ClO2. The predicted molar refractivity (Wildman–Crippen MR) is 72.1 cm³/mol. The van der Waals surface area contributed by atoms with Crippen molar-refractivity contribution in [2.24, 2.45) is 0 Å². The Morgan fingerprint density at radius 3 is 2.69 bits per heavy atom. The molecule has 0 aromatic heterocycles. The van der Waals surface area contributed by atoms with Gasteiger partial charge >= 0.3 is 5.97 Å². The second-order valence-corrected chi connectivity index (χ2v) is 4.98. The molecule has 0 fully saturated rings. The molecule has 0 heterocycles. The first-order valence-electron chi connectivity index (χ1n) is 4.76. The molecule has 0 spiro atoms. The Hall–Kier alpha value is -0.0600. The Balaban J connectivity index is 2.92. The minimum Gasteiger partial charge on any atom is -0.466 e. The van der Waals surface area contributed by atoms with Gasteiger partial charge in [-0.05, 0) is 30.2 Å². The van der Waals surface area contributed by atoms with E-state index in [1.54, 1.807) is 6.92 Å². The van der Waals surface area contributed by atoms with Gasteiger partial charge in [-0.3, -0.25) is 4.79 Å². The number of benzene rings is 1. The fourth-order valence-corrected chi connectivity index (χ4v) is 2.65. The van der Waals surface area contributed by atoms with Crippen LogP contribution in [0.4, 0.5) is 0 Å². The summed E-state index contributed by atoms with van der Waals surface area (Å²) in [5.41, 5.74) is 1.83. The van der Waals surface area contributed by atoms with Crippen LogP contribution >= 0.6 is 43.5 Å². The minimum absolute atomic E-state index is 0.190. The van der Waals surface area contributed by atoms with Crippen LogP contribution in [0.5, 0.6) is 0 Å². The van der Waals surface area contributed by atoms with Crippen LogP contribution in [0.25, 0.3) is 0 Å². The summed E-state index contributed by atoms with van der Waals surface area (Å²) >= 11 is 12.9. The van der Waals surface area contributed by atoms with Gasteiger partial charge in [0.1, 0.15) is 0 Å². The number of carbonyl (C=O) groups is 1. The van der Waals surface area contributed by atoms with Gasteiger partial charge in [0.25, 0.3) is 0 Å². The molecule has 0 bridgehead atoms. The average Bonchev–Trinajstić information content (AvgIpc) is 2.23. The van der Waals surface area contributed by atoms with E-state index in [-0.39, 0.29) is 12.4 Å². The van der Waals surface area contributed by atoms with Gasteiger partial charge in [0.2, 0.25) is 0 Å². The highest BCUT2D eigenvalue weighted by Gasteiger charge is 2.12. The normalized spacial score (nSPS) is 10.2. The van der Waals surface area contributed by atoms with Crippen LogP contribution in [0.15, 0.2) is 16.6 Å². The highest BCUT2D eigenvalue weighted by molar-refractivity contribution is 9.10. The molecule has 5 heteroatoms. The van der Waals surface area contributed by atoms with Gasteiger partial charge < -0.3 is 4.74 Å². The van der Waals surface area contributed by atoms with Crippen LogP contribution in [0.2, 0.25) is 5.02 Å². The molecule has 0 amide bonds. The molecular weight excluding hydrogens is 359 g/mol. The van der Waals surface area contributed by atoms with Crippen molar-refractivity contribution in [1.29, 1.82) is 0 Å². The third-order valence-corrected chi connectivity index (χ3v) is 3.67. The first-order chi connectivity index (χ1) is 7.58. The van der Waals surface area contributed by atoms with E-state index in [4.69, 9.17) is 16.3 Å². The Morgan fingerprint density at radius 1 is 1.50 bits per heavy atom. The molecule has 0 aliphatic rings. The first-order valence-corrected chi connectivity index (χ1v) is 7.06. The van der Waals surface area contributed by atoms with Gasteiger partial charge in [0.15, 0.2) is 0 Å². The number of hydrogen-bond acceptors (Lipinski definition) is 2. The Bertz CT molecular complexity index is 371. The van der Waals surface area contributed by atoms with E-state index in [2.05, 4.69) is 31.9 Å². The maximum absolute atomic E-state index is 11.4. The van der Waals surface area contributed by atoms with Gasteiger partial charge in [-0.1, -0.05) is 43.5 Å². The SMILES string of the molecule is CCOC(=O)Cc1c(Cl)cc(CBr)cc1Br. The lowest BCUT2D eigenvalue weighted by molar-refractivity contribution is -0.142. The van der Waals surface area contributed by atoms with Gasteiger partial charge in [-0.25, -0.2) is 0 Å². The van der Waals surface area contributed by atoms with E-state index < -0.39 is 0 Å². The molecule has 88 valence electrons. The molecule has 0 unspecified atom stereocenters. The fraction of sp³-hybridized carbons (Fsp3) is 0.364. The van der Waals surface area contributed by atoms with Crippen LogP contribution in [0.1, 0.15) is 18.1 Å². The van der Waals surface area contributed by atoms with Gasteiger partial charge in [0, 0.05) is 14.8 Å². The molecule has 16 heavy (non-hydrogen) atoms. The fourth-order valence-electron chi connectivity index (χ4n) is 1.26. The summed E-state index contributed by atoms with van der Waals surface area (Å²) in [6.07, 6.45) is 0.190. The van der Waals surface area contributed by atoms with E-state index in [1.165, 1.54) is 0 Å². The Kier molecular flexibility index (Phi) is 5.79. The maximum Gasteiger partial charge on any atom is 0.310 e. The summed E-state index contributed by atoms with van der Waals surface area (Å²) in [6, 6.07) is 3.78. The number of rotatable bonds is 4. The van der Waals surface area contributed by atoms with E-state index in [0.29, 0.717) is 11.6 Å². The average molecular weight is 370 g/mol. The molecule has 1 aromatic rings. The lowest BCUT2D eigenvalue weighted by Crippen LogP contribution is -2.08. The van der Waals surface area contributed by atoms with Crippen molar-refractivity contribution < 1.29 is 9.53 Å². The number of ether oxygens (including phenoxy) is 1. The summed E-state index contributed by atoms with van der Waals surface area (Å²) in [7, 11) is 0. The molecule has 0 atom stereocenters. The van der Waals surface area contributed by atoms with Gasteiger partial charge in [0.05, 0.1) is 13.0 Å². The van der Waals surface area contributed by atoms with Crippen molar-refractivity contribution in [1.82, 2.24) is 0 Å². The van der Waals surface area contributed by atoms with Crippen LogP contribution < -0.4 is 0 Å². The zero-order valence-electron chi connectivity index (χ0n) is 8.73. The number of esters is 1. The van der Waals surface area contributed by atoms with Crippen molar-refractivity contribution in [2.45, 2.75) is 18.7 Å². The monoisotopic (exact) mass is 368 g/mol. The largest absolute Gasteiger partial charge is 0.466 e. The smallest absolute Gasteiger partial charge is 0.310 e. The Morgan fingerprint density at radius 2 is 2.19 bits per heavy atom. The highest BCUT2D eigenvalue weighted by Crippen LogP contribution is 2.28. The van der Waals surface area contributed by atoms with Crippen molar-refractivity contribution in [2.75, 3.05) is 6.61 Å². The van der Waals surface area contributed by atoms with Crippen LogP contribution in [-0.2, 0) is 21.3 Å².